The van der Waals surface area contributed by atoms with Gasteiger partial charge in [0.2, 0.25) is 10.9 Å². The zero-order valence-electron chi connectivity index (χ0n) is 23.7. The number of amides is 3. The molecule has 1 aromatic heterocycles. The number of phenolic OH excluding ortho intramolecular Hbond substituents is 1. The Morgan fingerprint density at radius 2 is 1.69 bits per heavy atom. The van der Waals surface area contributed by atoms with Crippen LogP contribution in [0.25, 0.3) is 10.9 Å². The fourth-order valence-corrected chi connectivity index (χ4v) is 6.17. The highest BCUT2D eigenvalue weighted by atomic mass is 32.2. The van der Waals surface area contributed by atoms with Crippen molar-refractivity contribution in [2.24, 2.45) is 5.41 Å². The van der Waals surface area contributed by atoms with Crippen molar-refractivity contribution in [1.82, 2.24) is 25.0 Å². The van der Waals surface area contributed by atoms with Crippen molar-refractivity contribution in [2.45, 2.75) is 57.9 Å². The topological polar surface area (TPSA) is 109 Å². The van der Waals surface area contributed by atoms with Gasteiger partial charge in [-0.3, -0.25) is 29.1 Å². The maximum atomic E-state index is 12.1. The molecule has 1 saturated heterocycles. The largest absolute Gasteiger partial charge is 0.508 e. The van der Waals surface area contributed by atoms with Gasteiger partial charge in [-0.05, 0) is 37.8 Å². The molecule has 3 amide bonds. The standard InChI is InChI=1S/C29H41N5O4S/c1-19(2)39-28-21(16-29(3,4)5)20-6-7-23(35)22(27(20)31-28)17-33-14-12-32(13-15-33)11-10-30-24(36)18-34-25(37)8-9-26(34)38/h6-9,19,31,35H,10-18H2,1-5H3,(H,30,36)/p+1. The summed E-state index contributed by atoms with van der Waals surface area (Å²) in [4.78, 5) is 44.7. The van der Waals surface area contributed by atoms with Crippen LogP contribution >= 0.6 is 0 Å². The van der Waals surface area contributed by atoms with Crippen LogP contribution in [0.15, 0.2) is 29.3 Å². The van der Waals surface area contributed by atoms with Crippen molar-refractivity contribution >= 4 is 40.4 Å². The monoisotopic (exact) mass is 556 g/mol. The molecule has 2 aliphatic heterocycles. The Hall–Kier alpha value is -2.82. The minimum atomic E-state index is -0.450. The number of carbonyl (C=O) groups is 3. The summed E-state index contributed by atoms with van der Waals surface area (Å²) in [5.41, 5.74) is 3.52. The first-order valence-corrected chi connectivity index (χ1v) is 14.7. The van der Waals surface area contributed by atoms with Crippen molar-refractivity contribution in [3.8, 4) is 5.75 Å². The molecule has 2 aromatic rings. The number of aromatic amines is 1. The number of piperazine rings is 1. The number of aromatic nitrogens is 1. The Kier molecular flexibility index (Phi) is 9.08. The summed E-state index contributed by atoms with van der Waals surface area (Å²) in [5.74, 6) is -0.910. The van der Waals surface area contributed by atoms with Crippen LogP contribution in [0.5, 0.6) is 5.75 Å². The van der Waals surface area contributed by atoms with E-state index < -0.39 is 11.8 Å². The Morgan fingerprint density at radius 3 is 2.31 bits per heavy atom. The second-order valence-corrected chi connectivity index (χ2v) is 13.7. The summed E-state index contributed by atoms with van der Waals surface area (Å²) in [7, 11) is 0. The Labute approximate surface area is 235 Å². The molecule has 4 rings (SSSR count). The third-order valence-corrected chi connectivity index (χ3v) is 8.19. The Morgan fingerprint density at radius 1 is 1.05 bits per heavy atom. The van der Waals surface area contributed by atoms with Gasteiger partial charge in [-0.2, -0.15) is 0 Å². The minimum Gasteiger partial charge on any atom is -0.508 e. The molecule has 0 bridgehead atoms. The molecule has 1 fully saturated rings. The van der Waals surface area contributed by atoms with Gasteiger partial charge in [-0.1, -0.05) is 20.8 Å². The van der Waals surface area contributed by atoms with Gasteiger partial charge >= 0.3 is 0 Å². The molecule has 9 nitrogen and oxygen atoms in total. The van der Waals surface area contributed by atoms with Crippen LogP contribution in [0.1, 0.15) is 45.7 Å². The normalized spacial score (nSPS) is 17.2. The van der Waals surface area contributed by atoms with E-state index in [1.54, 1.807) is 0 Å². The van der Waals surface area contributed by atoms with Crippen molar-refractivity contribution in [2.75, 3.05) is 45.8 Å². The van der Waals surface area contributed by atoms with Gasteiger partial charge in [0.1, 0.15) is 17.5 Å². The van der Waals surface area contributed by atoms with Gasteiger partial charge in [0.05, 0.1) is 5.52 Å². The van der Waals surface area contributed by atoms with Crippen LogP contribution < -0.4 is 5.32 Å². The maximum absolute atomic E-state index is 12.1. The van der Waals surface area contributed by atoms with E-state index in [0.717, 1.165) is 48.6 Å². The third-order valence-electron chi connectivity index (χ3n) is 7.04. The number of hydrogen-bond acceptors (Lipinski definition) is 6. The highest BCUT2D eigenvalue weighted by Crippen LogP contribution is 2.36. The lowest BCUT2D eigenvalue weighted by atomic mass is 9.88. The minimum absolute atomic E-state index is 0.157. The van der Waals surface area contributed by atoms with E-state index >= 15 is 0 Å². The number of phenols is 1. The second kappa shape index (κ2) is 12.1. The summed E-state index contributed by atoms with van der Waals surface area (Å²) in [5, 5.41) is 16.6. The predicted molar refractivity (Wildman–Crippen MR) is 156 cm³/mol. The molecule has 1 aromatic carbocycles. The highest BCUT2D eigenvalue weighted by Gasteiger charge is 2.28. The average molecular weight is 557 g/mol. The quantitative estimate of drug-likeness (QED) is 0.235. The Balaban J connectivity index is 1.33. The number of thiol groups is 1. The van der Waals surface area contributed by atoms with Crippen molar-refractivity contribution in [3.05, 3.63) is 35.4 Å². The molecular formula is C29H42N5O4S+. The van der Waals surface area contributed by atoms with Crippen molar-refractivity contribution < 1.29 is 19.5 Å². The lowest BCUT2D eigenvalue weighted by Crippen LogP contribution is -2.48. The second-order valence-electron chi connectivity index (χ2n) is 12.0. The smallest absolute Gasteiger partial charge is 0.254 e. The van der Waals surface area contributed by atoms with Crippen LogP contribution in [-0.4, -0.2) is 93.6 Å². The zero-order chi connectivity index (χ0) is 28.3. The van der Waals surface area contributed by atoms with Crippen LogP contribution in [0.3, 0.4) is 0 Å². The van der Waals surface area contributed by atoms with E-state index in [9.17, 15) is 19.5 Å². The molecule has 0 unspecified atom stereocenters. The van der Waals surface area contributed by atoms with Crippen LogP contribution in [0.4, 0.5) is 0 Å². The summed E-state index contributed by atoms with van der Waals surface area (Å²) >= 11 is 1.27. The molecule has 212 valence electrons. The van der Waals surface area contributed by atoms with E-state index in [1.807, 2.05) is 6.07 Å². The molecule has 0 spiro atoms. The number of H-pyrrole nitrogens is 1. The number of imide groups is 1. The molecule has 0 saturated carbocycles. The molecule has 0 radical (unpaired) electrons. The number of fused-ring (bicyclic) bond motifs is 1. The Bertz CT molecular complexity index is 1240. The number of nitrogens with one attached hydrogen (secondary N) is 2. The fraction of sp³-hybridized carbons (Fsp3) is 0.552. The first kappa shape index (κ1) is 29.2. The number of carbonyl (C=O) groups excluding carboxylic acids is 3. The number of benzene rings is 1. The van der Waals surface area contributed by atoms with Gasteiger partial charge in [-0.25, -0.2) is 0 Å². The maximum Gasteiger partial charge on any atom is 0.254 e. The van der Waals surface area contributed by atoms with E-state index in [1.165, 1.54) is 39.9 Å². The molecule has 2 aliphatic rings. The molecule has 39 heavy (non-hydrogen) atoms. The van der Waals surface area contributed by atoms with Crippen molar-refractivity contribution in [3.63, 3.8) is 0 Å². The molecule has 3 N–H and O–H groups in total. The van der Waals surface area contributed by atoms with Crippen LogP contribution in [0.2, 0.25) is 0 Å². The van der Waals surface area contributed by atoms with Gasteiger partial charge in [0, 0.05) is 86.2 Å². The van der Waals surface area contributed by atoms with Crippen LogP contribution in [-0.2, 0) is 39.1 Å². The lowest BCUT2D eigenvalue weighted by molar-refractivity contribution is -0.141. The first-order chi connectivity index (χ1) is 18.4. The lowest BCUT2D eigenvalue weighted by Gasteiger charge is -2.34. The summed E-state index contributed by atoms with van der Waals surface area (Å²) in [6.07, 6.45) is 3.34. The zero-order valence-corrected chi connectivity index (χ0v) is 24.6. The molecule has 3 heterocycles. The average Bonchev–Trinajstić information content (AvgIpc) is 3.34. The van der Waals surface area contributed by atoms with Crippen LogP contribution in [0, 0.1) is 5.41 Å². The number of aromatic hydroxyl groups is 1. The van der Waals surface area contributed by atoms with E-state index in [2.05, 4.69) is 60.8 Å². The van der Waals surface area contributed by atoms with E-state index in [-0.39, 0.29) is 17.9 Å². The third kappa shape index (κ3) is 7.43. The first-order valence-electron chi connectivity index (χ1n) is 13.7. The number of rotatable bonds is 10. The fourth-order valence-electron chi connectivity index (χ4n) is 5.12. The van der Waals surface area contributed by atoms with E-state index in [0.29, 0.717) is 30.6 Å². The van der Waals surface area contributed by atoms with Crippen molar-refractivity contribution in [1.29, 1.82) is 0 Å². The number of nitrogens with zero attached hydrogens (tertiary/aromatic N) is 3. The summed E-state index contributed by atoms with van der Waals surface area (Å²) < 4.78 is 0. The molecular weight excluding hydrogens is 514 g/mol. The highest BCUT2D eigenvalue weighted by molar-refractivity contribution is 7.79. The van der Waals surface area contributed by atoms with Gasteiger partial charge in [-0.15, -0.1) is 0 Å². The summed E-state index contributed by atoms with van der Waals surface area (Å²) in [6, 6.07) is 3.90. The SMILES string of the molecule is CC(C)[SH+]c1[nH]c2c(CN3CCN(CCNC(=O)CN4C(=O)C=CC4=O)CC3)c(O)ccc2c1CC(C)(C)C. The molecule has 0 aliphatic carbocycles. The molecule has 0 atom stereocenters. The van der Waals surface area contributed by atoms with Gasteiger partial charge in [0.25, 0.3) is 11.8 Å². The summed E-state index contributed by atoms with van der Waals surface area (Å²) in [6.45, 7) is 16.3. The van der Waals surface area contributed by atoms with Gasteiger partial charge < -0.3 is 15.4 Å². The van der Waals surface area contributed by atoms with E-state index in [4.69, 9.17) is 0 Å². The predicted octanol–water partition coefficient (Wildman–Crippen LogP) is 2.20. The molecule has 10 heteroatoms. The number of hydrogen-bond donors (Lipinski definition) is 3. The van der Waals surface area contributed by atoms with Gasteiger partial charge in [0.15, 0.2) is 0 Å².